The topological polar surface area (TPSA) is 25.8 Å². The fourth-order valence-electron chi connectivity index (χ4n) is 8.71. The van der Waals surface area contributed by atoms with Crippen molar-refractivity contribution in [3.05, 3.63) is 143 Å². The van der Waals surface area contributed by atoms with Gasteiger partial charge in [-0.05, 0) is 80.1 Å². The Morgan fingerprint density at radius 3 is 1.89 bits per heavy atom. The number of allylic oxidation sites excluding steroid dienone is 4. The van der Waals surface area contributed by atoms with Gasteiger partial charge in [0.05, 0.1) is 22.8 Å². The number of hydrogen-bond acceptors (Lipinski definition) is 2. The fourth-order valence-corrected chi connectivity index (χ4v) is 8.71. The number of hydrogen-bond donors (Lipinski definition) is 0. The van der Waals surface area contributed by atoms with E-state index in [2.05, 4.69) is 144 Å². The maximum atomic E-state index is 5.33. The molecule has 2 nitrogen and oxygen atoms in total. The van der Waals surface area contributed by atoms with Gasteiger partial charge in [-0.1, -0.05) is 120 Å². The lowest BCUT2D eigenvalue weighted by molar-refractivity contribution is 0.394. The highest BCUT2D eigenvalue weighted by Gasteiger charge is 2.44. The lowest BCUT2D eigenvalue weighted by Gasteiger charge is -2.29. The lowest BCUT2D eigenvalue weighted by Crippen LogP contribution is -2.24. The zero-order valence-electron chi connectivity index (χ0n) is 26.0. The van der Waals surface area contributed by atoms with Crippen LogP contribution in [0.2, 0.25) is 0 Å². The summed E-state index contributed by atoms with van der Waals surface area (Å²) >= 11 is 0. The number of aromatic nitrogens is 2. The summed E-state index contributed by atoms with van der Waals surface area (Å²) in [6.07, 6.45) is 9.17. The Morgan fingerprint density at radius 1 is 0.568 bits per heavy atom. The Hall–Kier alpha value is -4.56. The van der Waals surface area contributed by atoms with E-state index in [4.69, 9.17) is 9.97 Å². The number of fused-ring (bicyclic) bond motifs is 9. The maximum absolute atomic E-state index is 5.33. The van der Waals surface area contributed by atoms with Crippen LogP contribution in [0.1, 0.15) is 79.8 Å². The third-order valence-electron chi connectivity index (χ3n) is 11.3. The van der Waals surface area contributed by atoms with E-state index in [0.29, 0.717) is 11.8 Å². The van der Waals surface area contributed by atoms with Crippen LogP contribution in [0.15, 0.2) is 109 Å². The standard InChI is InChI=1S/C42H36N2/c1-24-27-18-20-37(25-14-16-31-29-10-6-8-12-33(29)41(2,3)35(31)22-25)43-39(27)40-28(24)19-21-38(44-40)26-15-17-32-30-11-7-9-13-34(30)42(4,5)36(32)23-26/h6-24,29,33H,1-5H3. The van der Waals surface area contributed by atoms with E-state index >= 15 is 0 Å². The van der Waals surface area contributed by atoms with Gasteiger partial charge in [0.2, 0.25) is 0 Å². The largest absolute Gasteiger partial charge is 0.246 e. The van der Waals surface area contributed by atoms with Crippen LogP contribution in [0.5, 0.6) is 0 Å². The molecular formula is C42H36N2. The maximum Gasteiger partial charge on any atom is 0.0935 e. The van der Waals surface area contributed by atoms with Crippen molar-refractivity contribution in [2.75, 3.05) is 0 Å². The van der Waals surface area contributed by atoms with Crippen LogP contribution in [-0.4, -0.2) is 9.97 Å². The van der Waals surface area contributed by atoms with Gasteiger partial charge >= 0.3 is 0 Å². The third-order valence-corrected chi connectivity index (χ3v) is 11.3. The second-order valence-electron chi connectivity index (χ2n) is 14.3. The van der Waals surface area contributed by atoms with E-state index < -0.39 is 0 Å². The minimum Gasteiger partial charge on any atom is -0.246 e. The van der Waals surface area contributed by atoms with E-state index in [1.165, 1.54) is 50.1 Å². The van der Waals surface area contributed by atoms with Gasteiger partial charge in [-0.15, -0.1) is 0 Å². The summed E-state index contributed by atoms with van der Waals surface area (Å²) < 4.78 is 0. The average molecular weight is 569 g/mol. The van der Waals surface area contributed by atoms with Crippen molar-refractivity contribution in [3.8, 4) is 45.0 Å². The van der Waals surface area contributed by atoms with Crippen molar-refractivity contribution < 1.29 is 0 Å². The Morgan fingerprint density at radius 2 is 1.16 bits per heavy atom. The zero-order chi connectivity index (χ0) is 30.0. The van der Waals surface area contributed by atoms with Gasteiger partial charge in [-0.3, -0.25) is 0 Å². The Kier molecular flexibility index (Phi) is 5.15. The second kappa shape index (κ2) is 8.76. The molecular weight excluding hydrogens is 532 g/mol. The fraction of sp³-hybridized carbons (Fsp3) is 0.238. The summed E-state index contributed by atoms with van der Waals surface area (Å²) in [7, 11) is 0. The molecule has 214 valence electrons. The quantitative estimate of drug-likeness (QED) is 0.212. The molecule has 0 aliphatic heterocycles. The van der Waals surface area contributed by atoms with Gasteiger partial charge in [0, 0.05) is 28.4 Å². The average Bonchev–Trinajstić information content (AvgIpc) is 3.56. The minimum atomic E-state index is -0.0367. The van der Waals surface area contributed by atoms with Crippen molar-refractivity contribution >= 4 is 0 Å². The molecule has 3 aromatic carbocycles. The lowest BCUT2D eigenvalue weighted by atomic mass is 9.74. The molecule has 0 bridgehead atoms. The molecule has 4 aliphatic rings. The van der Waals surface area contributed by atoms with E-state index in [9.17, 15) is 0 Å². The van der Waals surface area contributed by atoms with Crippen LogP contribution in [0, 0.1) is 5.92 Å². The van der Waals surface area contributed by atoms with Crippen LogP contribution in [0.3, 0.4) is 0 Å². The summed E-state index contributed by atoms with van der Waals surface area (Å²) in [5.74, 6) is 1.23. The molecule has 0 fully saturated rings. The summed E-state index contributed by atoms with van der Waals surface area (Å²) in [5.41, 5.74) is 17.4. The Balaban J connectivity index is 1.12. The normalized spacial score (nSPS) is 22.2. The molecule has 2 heteroatoms. The second-order valence-corrected chi connectivity index (χ2v) is 14.3. The molecule has 2 heterocycles. The summed E-state index contributed by atoms with van der Waals surface area (Å²) in [4.78, 5) is 10.7. The Bertz CT molecular complexity index is 2110. The van der Waals surface area contributed by atoms with Gasteiger partial charge in [-0.2, -0.15) is 0 Å². The smallest absolute Gasteiger partial charge is 0.0935 e. The number of pyridine rings is 2. The first-order valence-electron chi connectivity index (χ1n) is 16.0. The van der Waals surface area contributed by atoms with Gasteiger partial charge < -0.3 is 0 Å². The van der Waals surface area contributed by atoms with Crippen molar-refractivity contribution in [2.24, 2.45) is 5.92 Å². The first-order valence-corrected chi connectivity index (χ1v) is 16.0. The Labute approximate surface area is 260 Å². The monoisotopic (exact) mass is 568 g/mol. The first-order chi connectivity index (χ1) is 21.2. The molecule has 44 heavy (non-hydrogen) atoms. The summed E-state index contributed by atoms with van der Waals surface area (Å²) in [6, 6.07) is 31.7. The molecule has 5 aromatic rings. The van der Waals surface area contributed by atoms with Crippen LogP contribution >= 0.6 is 0 Å². The van der Waals surface area contributed by atoms with Gasteiger partial charge in [0.1, 0.15) is 0 Å². The molecule has 3 atom stereocenters. The van der Waals surface area contributed by atoms with E-state index in [0.717, 1.165) is 28.3 Å². The third kappa shape index (κ3) is 3.37. The van der Waals surface area contributed by atoms with Crippen LogP contribution in [-0.2, 0) is 10.8 Å². The predicted octanol–water partition coefficient (Wildman–Crippen LogP) is 10.4. The molecule has 0 saturated heterocycles. The minimum absolute atomic E-state index is 0.0367. The van der Waals surface area contributed by atoms with Gasteiger partial charge in [0.15, 0.2) is 0 Å². The molecule has 0 amide bonds. The van der Waals surface area contributed by atoms with E-state index in [1.54, 1.807) is 0 Å². The summed E-state index contributed by atoms with van der Waals surface area (Å²) in [5, 5.41) is 0. The van der Waals surface area contributed by atoms with Gasteiger partial charge in [0.25, 0.3) is 0 Å². The highest BCUT2D eigenvalue weighted by Crippen LogP contribution is 2.54. The predicted molar refractivity (Wildman–Crippen MR) is 181 cm³/mol. The van der Waals surface area contributed by atoms with Crippen LogP contribution in [0.4, 0.5) is 0 Å². The van der Waals surface area contributed by atoms with Crippen molar-refractivity contribution in [1.29, 1.82) is 0 Å². The highest BCUT2D eigenvalue weighted by atomic mass is 14.8. The number of benzene rings is 3. The number of nitrogens with zero attached hydrogens (tertiary/aromatic N) is 2. The molecule has 9 rings (SSSR count). The molecule has 0 spiro atoms. The molecule has 3 unspecified atom stereocenters. The van der Waals surface area contributed by atoms with Crippen molar-refractivity contribution in [2.45, 2.75) is 57.3 Å². The molecule has 0 N–H and O–H groups in total. The van der Waals surface area contributed by atoms with Crippen molar-refractivity contribution in [1.82, 2.24) is 9.97 Å². The van der Waals surface area contributed by atoms with E-state index in [1.807, 2.05) is 0 Å². The van der Waals surface area contributed by atoms with Crippen LogP contribution in [0.25, 0.3) is 45.0 Å². The van der Waals surface area contributed by atoms with E-state index in [-0.39, 0.29) is 16.7 Å². The highest BCUT2D eigenvalue weighted by molar-refractivity contribution is 5.84. The molecule has 0 radical (unpaired) electrons. The molecule has 2 aromatic heterocycles. The van der Waals surface area contributed by atoms with Gasteiger partial charge in [-0.25, -0.2) is 9.97 Å². The summed E-state index contributed by atoms with van der Waals surface area (Å²) in [6.45, 7) is 11.7. The SMILES string of the molecule is CC1c2ccc(-c3ccc4c(c3)C(C)(C)c3ccccc3-4)nc2-c2nc(-c3ccc4c(c3)C(C)(C)C3C=CC=CC43)ccc21. The molecule has 4 aliphatic carbocycles. The zero-order valence-corrected chi connectivity index (χ0v) is 26.0. The van der Waals surface area contributed by atoms with Crippen molar-refractivity contribution in [3.63, 3.8) is 0 Å². The van der Waals surface area contributed by atoms with Crippen LogP contribution < -0.4 is 0 Å². The molecule has 0 saturated carbocycles. The first kappa shape index (κ1) is 25.9. The number of rotatable bonds is 2.